The van der Waals surface area contributed by atoms with Crippen LogP contribution in [0.15, 0.2) is 42.5 Å². The summed E-state index contributed by atoms with van der Waals surface area (Å²) < 4.78 is 5.48. The average Bonchev–Trinajstić information content (AvgIpc) is 2.85. The lowest BCUT2D eigenvalue weighted by Gasteiger charge is -2.32. The summed E-state index contributed by atoms with van der Waals surface area (Å²) in [5.41, 5.74) is 3.70. The molecule has 1 saturated heterocycles. The van der Waals surface area contributed by atoms with Gasteiger partial charge in [0.15, 0.2) is 0 Å². The van der Waals surface area contributed by atoms with Gasteiger partial charge in [0.05, 0.1) is 5.41 Å². The van der Waals surface area contributed by atoms with Gasteiger partial charge in [-0.2, -0.15) is 0 Å². The van der Waals surface area contributed by atoms with Crippen molar-refractivity contribution in [2.24, 2.45) is 0 Å². The molecular formula is C21H22N2O3. The number of hydrogen-bond donors (Lipinski definition) is 1. The zero-order valence-electron chi connectivity index (χ0n) is 15.0. The van der Waals surface area contributed by atoms with Gasteiger partial charge < -0.3 is 15.0 Å². The summed E-state index contributed by atoms with van der Waals surface area (Å²) in [5.74, 6) is -0.0139. The molecule has 2 aliphatic rings. The third kappa shape index (κ3) is 2.51. The highest BCUT2D eigenvalue weighted by atomic mass is 16.5. The fourth-order valence-electron chi connectivity index (χ4n) is 4.06. The Morgan fingerprint density at radius 2 is 1.88 bits per heavy atom. The summed E-state index contributed by atoms with van der Waals surface area (Å²) in [4.78, 5) is 27.3. The number of rotatable bonds is 2. The van der Waals surface area contributed by atoms with E-state index >= 15 is 0 Å². The summed E-state index contributed by atoms with van der Waals surface area (Å²) in [6.45, 7) is 3.08. The van der Waals surface area contributed by atoms with Crippen LogP contribution in [0, 0.1) is 6.92 Å². The van der Waals surface area contributed by atoms with Gasteiger partial charge in [0.25, 0.3) is 5.91 Å². The Balaban J connectivity index is 1.68. The Morgan fingerprint density at radius 3 is 2.62 bits per heavy atom. The van der Waals surface area contributed by atoms with Crippen LogP contribution in [0.3, 0.4) is 0 Å². The van der Waals surface area contributed by atoms with Gasteiger partial charge in [0, 0.05) is 37.2 Å². The number of anilines is 2. The minimum atomic E-state index is -0.522. The third-order valence-corrected chi connectivity index (χ3v) is 5.58. The maximum absolute atomic E-state index is 12.9. The Labute approximate surface area is 153 Å². The Bertz CT molecular complexity index is 885. The van der Waals surface area contributed by atoms with E-state index in [-0.39, 0.29) is 11.8 Å². The number of amides is 2. The van der Waals surface area contributed by atoms with Crippen LogP contribution < -0.4 is 10.2 Å². The van der Waals surface area contributed by atoms with Gasteiger partial charge in [-0.05, 0) is 55.2 Å². The van der Waals surface area contributed by atoms with Crippen molar-refractivity contribution < 1.29 is 14.3 Å². The van der Waals surface area contributed by atoms with Crippen LogP contribution in [0.2, 0.25) is 0 Å². The van der Waals surface area contributed by atoms with Gasteiger partial charge in [-0.15, -0.1) is 0 Å². The summed E-state index contributed by atoms with van der Waals surface area (Å²) in [6, 6.07) is 13.2. The van der Waals surface area contributed by atoms with Crippen molar-refractivity contribution in [2.45, 2.75) is 25.2 Å². The Morgan fingerprint density at radius 1 is 1.15 bits per heavy atom. The fraction of sp³-hybridized carbons (Fsp3) is 0.333. The number of likely N-dealkylation sites (N-methyl/N-ethyl adjacent to an activating group) is 1. The van der Waals surface area contributed by atoms with Gasteiger partial charge in [-0.3, -0.25) is 9.59 Å². The molecule has 0 atom stereocenters. The molecule has 2 amide bonds. The van der Waals surface area contributed by atoms with Crippen molar-refractivity contribution in [3.63, 3.8) is 0 Å². The van der Waals surface area contributed by atoms with Crippen LogP contribution >= 0.6 is 0 Å². The van der Waals surface area contributed by atoms with Crippen LogP contribution in [-0.2, 0) is 14.9 Å². The molecule has 2 aliphatic heterocycles. The first-order valence-electron chi connectivity index (χ1n) is 8.90. The van der Waals surface area contributed by atoms with Gasteiger partial charge in [-0.1, -0.05) is 18.2 Å². The molecule has 2 heterocycles. The van der Waals surface area contributed by atoms with Gasteiger partial charge >= 0.3 is 0 Å². The molecule has 4 rings (SSSR count). The predicted molar refractivity (Wildman–Crippen MR) is 101 cm³/mol. The summed E-state index contributed by atoms with van der Waals surface area (Å²) >= 11 is 0. The second-order valence-corrected chi connectivity index (χ2v) is 7.06. The summed E-state index contributed by atoms with van der Waals surface area (Å²) in [5, 5.41) is 2.98. The summed E-state index contributed by atoms with van der Waals surface area (Å²) in [7, 11) is 1.82. The lowest BCUT2D eigenvalue weighted by Crippen LogP contribution is -2.42. The first kappa shape index (κ1) is 16.8. The molecule has 0 aliphatic carbocycles. The zero-order valence-corrected chi connectivity index (χ0v) is 15.0. The van der Waals surface area contributed by atoms with Gasteiger partial charge in [0.1, 0.15) is 0 Å². The van der Waals surface area contributed by atoms with Crippen molar-refractivity contribution in [1.29, 1.82) is 0 Å². The first-order valence-corrected chi connectivity index (χ1v) is 8.90. The van der Waals surface area contributed by atoms with E-state index in [4.69, 9.17) is 4.74 Å². The molecule has 1 spiro atoms. The number of aryl methyl sites for hydroxylation is 1. The molecular weight excluding hydrogens is 328 g/mol. The van der Waals surface area contributed by atoms with Crippen molar-refractivity contribution >= 4 is 23.2 Å². The molecule has 2 aromatic rings. The SMILES string of the molecule is Cc1ccccc1C(=O)Nc1ccc2c(c1)C1(CCOCC1)C(=O)N2C. The van der Waals surface area contributed by atoms with Crippen molar-refractivity contribution in [2.75, 3.05) is 30.5 Å². The number of hydrogen-bond acceptors (Lipinski definition) is 3. The van der Waals surface area contributed by atoms with Crippen LogP contribution in [0.1, 0.15) is 34.3 Å². The smallest absolute Gasteiger partial charge is 0.255 e. The van der Waals surface area contributed by atoms with Crippen LogP contribution in [0.4, 0.5) is 11.4 Å². The number of nitrogens with zero attached hydrogens (tertiary/aromatic N) is 1. The van der Waals surface area contributed by atoms with E-state index in [1.165, 1.54) is 0 Å². The molecule has 0 radical (unpaired) electrons. The number of fused-ring (bicyclic) bond motifs is 2. The summed E-state index contributed by atoms with van der Waals surface area (Å²) in [6.07, 6.45) is 1.36. The number of ether oxygens (including phenoxy) is 1. The van der Waals surface area contributed by atoms with Crippen LogP contribution in [0.5, 0.6) is 0 Å². The topological polar surface area (TPSA) is 58.6 Å². The fourth-order valence-corrected chi connectivity index (χ4v) is 4.06. The molecule has 0 bridgehead atoms. The highest BCUT2D eigenvalue weighted by Crippen LogP contribution is 2.47. The molecule has 26 heavy (non-hydrogen) atoms. The third-order valence-electron chi connectivity index (χ3n) is 5.58. The molecule has 0 aromatic heterocycles. The normalized spacial score (nSPS) is 18.1. The molecule has 1 N–H and O–H groups in total. The molecule has 2 aromatic carbocycles. The average molecular weight is 350 g/mol. The highest BCUT2D eigenvalue weighted by molar-refractivity contribution is 6.09. The number of benzene rings is 2. The van der Waals surface area contributed by atoms with E-state index in [1.54, 1.807) is 4.90 Å². The number of nitrogens with one attached hydrogen (secondary N) is 1. The van der Waals surface area contributed by atoms with E-state index < -0.39 is 5.41 Å². The number of carbonyl (C=O) groups excluding carboxylic acids is 2. The maximum Gasteiger partial charge on any atom is 0.255 e. The molecule has 5 heteroatoms. The van der Waals surface area contributed by atoms with Crippen LogP contribution in [0.25, 0.3) is 0 Å². The second kappa shape index (κ2) is 6.25. The van der Waals surface area contributed by atoms with E-state index in [0.717, 1.165) is 16.8 Å². The van der Waals surface area contributed by atoms with E-state index in [0.29, 0.717) is 37.3 Å². The lowest BCUT2D eigenvalue weighted by molar-refractivity contribution is -0.126. The van der Waals surface area contributed by atoms with Crippen molar-refractivity contribution in [3.05, 3.63) is 59.2 Å². The minimum absolute atomic E-state index is 0.123. The zero-order chi connectivity index (χ0) is 18.3. The second-order valence-electron chi connectivity index (χ2n) is 7.06. The molecule has 0 unspecified atom stereocenters. The van der Waals surface area contributed by atoms with Gasteiger partial charge in [0.2, 0.25) is 5.91 Å². The molecule has 1 fully saturated rings. The lowest BCUT2D eigenvalue weighted by atomic mass is 9.75. The minimum Gasteiger partial charge on any atom is -0.381 e. The predicted octanol–water partition coefficient (Wildman–Crippen LogP) is 3.27. The van der Waals surface area contributed by atoms with Crippen molar-refractivity contribution in [3.8, 4) is 0 Å². The molecule has 0 saturated carbocycles. The van der Waals surface area contributed by atoms with E-state index in [2.05, 4.69) is 5.32 Å². The first-order chi connectivity index (χ1) is 12.5. The largest absolute Gasteiger partial charge is 0.381 e. The van der Waals surface area contributed by atoms with E-state index in [9.17, 15) is 9.59 Å². The molecule has 134 valence electrons. The molecule has 5 nitrogen and oxygen atoms in total. The van der Waals surface area contributed by atoms with Gasteiger partial charge in [-0.25, -0.2) is 0 Å². The van der Waals surface area contributed by atoms with E-state index in [1.807, 2.05) is 56.4 Å². The monoisotopic (exact) mass is 350 g/mol. The van der Waals surface area contributed by atoms with Crippen LogP contribution in [-0.4, -0.2) is 32.1 Å². The number of carbonyl (C=O) groups is 2. The maximum atomic E-state index is 12.9. The Hall–Kier alpha value is -2.66. The quantitative estimate of drug-likeness (QED) is 0.904. The van der Waals surface area contributed by atoms with Crippen molar-refractivity contribution in [1.82, 2.24) is 0 Å². The standard InChI is InChI=1S/C21H22N2O3/c1-14-5-3-4-6-16(14)19(24)22-15-7-8-18-17(13-15)21(20(25)23(18)2)9-11-26-12-10-21/h3-8,13H,9-12H2,1-2H3,(H,22,24). The Kier molecular flexibility index (Phi) is 4.04. The highest BCUT2D eigenvalue weighted by Gasteiger charge is 2.50.